The van der Waals surface area contributed by atoms with Crippen LogP contribution in [0.4, 0.5) is 0 Å². The van der Waals surface area contributed by atoms with Crippen LogP contribution in [0.25, 0.3) is 0 Å². The minimum Gasteiger partial charge on any atom is -0.312 e. The molecule has 0 spiro atoms. The summed E-state index contributed by atoms with van der Waals surface area (Å²) in [5.74, 6) is 0. The van der Waals surface area contributed by atoms with E-state index in [1.165, 1.54) is 45.6 Å². The molecular weight excluding hydrogens is 298 g/mol. The molecule has 0 atom stereocenters. The van der Waals surface area contributed by atoms with Crippen LogP contribution >= 0.6 is 11.6 Å². The van der Waals surface area contributed by atoms with Crippen LogP contribution in [-0.4, -0.2) is 65.9 Å². The molecule has 1 aliphatic rings. The van der Waals surface area contributed by atoms with E-state index >= 15 is 0 Å². The van der Waals surface area contributed by atoms with Crippen molar-refractivity contribution in [1.82, 2.24) is 24.9 Å². The first kappa shape index (κ1) is 17.7. The van der Waals surface area contributed by atoms with Crippen molar-refractivity contribution in [3.05, 3.63) is 16.4 Å². The summed E-state index contributed by atoms with van der Waals surface area (Å²) >= 11 is 6.31. The molecule has 126 valence electrons. The molecule has 0 aliphatic carbocycles. The quantitative estimate of drug-likeness (QED) is 0.774. The Hall–Kier alpha value is -0.620. The summed E-state index contributed by atoms with van der Waals surface area (Å²) in [7, 11) is 4.12. The molecule has 1 aromatic heterocycles. The van der Waals surface area contributed by atoms with Gasteiger partial charge in [-0.3, -0.25) is 4.68 Å². The van der Waals surface area contributed by atoms with E-state index in [0.29, 0.717) is 0 Å². The predicted octanol–water partition coefficient (Wildman–Crippen LogP) is 1.75. The average Bonchev–Trinajstić information content (AvgIpc) is 2.66. The zero-order valence-corrected chi connectivity index (χ0v) is 15.0. The summed E-state index contributed by atoms with van der Waals surface area (Å²) in [4.78, 5) is 5.01. The Morgan fingerprint density at radius 2 is 2.00 bits per heavy atom. The second-order valence-corrected chi connectivity index (χ2v) is 6.58. The van der Waals surface area contributed by atoms with Crippen LogP contribution in [0.1, 0.15) is 31.0 Å². The van der Waals surface area contributed by atoms with Crippen LogP contribution in [0.3, 0.4) is 0 Å². The first-order valence-corrected chi connectivity index (χ1v) is 8.81. The van der Waals surface area contributed by atoms with Crippen molar-refractivity contribution in [3.63, 3.8) is 0 Å². The third-order valence-corrected chi connectivity index (χ3v) is 4.90. The number of hydrogen-bond acceptors (Lipinski definition) is 4. The molecule has 2 rings (SSSR count). The lowest BCUT2D eigenvalue weighted by Gasteiger charge is -2.19. The van der Waals surface area contributed by atoms with Crippen molar-refractivity contribution in [2.45, 2.75) is 32.7 Å². The van der Waals surface area contributed by atoms with E-state index in [1.807, 2.05) is 7.05 Å². The number of nitrogens with one attached hydrogen (secondary N) is 1. The van der Waals surface area contributed by atoms with Gasteiger partial charge in [0.15, 0.2) is 0 Å². The van der Waals surface area contributed by atoms with Gasteiger partial charge in [0.1, 0.15) is 5.15 Å². The van der Waals surface area contributed by atoms with E-state index in [-0.39, 0.29) is 0 Å². The highest BCUT2D eigenvalue weighted by atomic mass is 35.5. The predicted molar refractivity (Wildman–Crippen MR) is 92.5 cm³/mol. The topological polar surface area (TPSA) is 36.3 Å². The number of nitrogens with zero attached hydrogens (tertiary/aromatic N) is 4. The average molecular weight is 328 g/mol. The van der Waals surface area contributed by atoms with E-state index in [4.69, 9.17) is 11.6 Å². The molecule has 0 saturated carbocycles. The minimum absolute atomic E-state index is 0.764. The largest absolute Gasteiger partial charge is 0.312 e. The van der Waals surface area contributed by atoms with Crippen molar-refractivity contribution in [3.8, 4) is 0 Å². The third kappa shape index (κ3) is 4.95. The lowest BCUT2D eigenvalue weighted by molar-refractivity contribution is 0.272. The first-order valence-electron chi connectivity index (χ1n) is 8.43. The van der Waals surface area contributed by atoms with Gasteiger partial charge in [-0.15, -0.1) is 0 Å². The van der Waals surface area contributed by atoms with Crippen molar-refractivity contribution in [2.24, 2.45) is 7.05 Å². The molecule has 0 aromatic carbocycles. The van der Waals surface area contributed by atoms with Crippen LogP contribution < -0.4 is 5.32 Å². The monoisotopic (exact) mass is 327 g/mol. The third-order valence-electron chi connectivity index (χ3n) is 4.43. The highest BCUT2D eigenvalue weighted by molar-refractivity contribution is 6.30. The standard InChI is InChI=1S/C16H30ClN5/c1-4-15-14(16(17)21(3)19-15)13-18-7-5-9-22-10-6-8-20(2)11-12-22/h18H,4-13H2,1-3H3. The summed E-state index contributed by atoms with van der Waals surface area (Å²) in [5.41, 5.74) is 2.26. The van der Waals surface area contributed by atoms with Gasteiger partial charge in [0.25, 0.3) is 0 Å². The highest BCUT2D eigenvalue weighted by Gasteiger charge is 2.13. The number of rotatable bonds is 7. The summed E-state index contributed by atoms with van der Waals surface area (Å²) in [6.45, 7) is 10.0. The van der Waals surface area contributed by atoms with E-state index in [9.17, 15) is 0 Å². The maximum Gasteiger partial charge on any atom is 0.131 e. The SMILES string of the molecule is CCc1nn(C)c(Cl)c1CNCCCN1CCCN(C)CC1. The van der Waals surface area contributed by atoms with E-state index in [2.05, 4.69) is 34.2 Å². The van der Waals surface area contributed by atoms with Gasteiger partial charge in [0.2, 0.25) is 0 Å². The fourth-order valence-corrected chi connectivity index (χ4v) is 3.24. The van der Waals surface area contributed by atoms with E-state index < -0.39 is 0 Å². The molecule has 1 aromatic rings. The van der Waals surface area contributed by atoms with Crippen LogP contribution in [0, 0.1) is 0 Å². The number of halogens is 1. The van der Waals surface area contributed by atoms with Gasteiger partial charge in [-0.1, -0.05) is 18.5 Å². The smallest absolute Gasteiger partial charge is 0.131 e. The summed E-state index contributed by atoms with van der Waals surface area (Å²) in [5, 5.41) is 8.73. The molecular formula is C16H30ClN5. The van der Waals surface area contributed by atoms with E-state index in [0.717, 1.165) is 35.9 Å². The maximum atomic E-state index is 6.31. The fraction of sp³-hybridized carbons (Fsp3) is 0.812. The van der Waals surface area contributed by atoms with Gasteiger partial charge >= 0.3 is 0 Å². The van der Waals surface area contributed by atoms with E-state index in [1.54, 1.807) is 4.68 Å². The number of hydrogen-bond donors (Lipinski definition) is 1. The van der Waals surface area contributed by atoms with Gasteiger partial charge in [-0.25, -0.2) is 0 Å². The Balaban J connectivity index is 1.67. The lowest BCUT2D eigenvalue weighted by atomic mass is 10.2. The van der Waals surface area contributed by atoms with Crippen LogP contribution in [0.2, 0.25) is 5.15 Å². The first-order chi connectivity index (χ1) is 10.6. The van der Waals surface area contributed by atoms with Gasteiger partial charge < -0.3 is 15.1 Å². The number of aryl methyl sites for hydroxylation is 2. The molecule has 0 bridgehead atoms. The van der Waals surface area contributed by atoms with Crippen molar-refractivity contribution in [1.29, 1.82) is 0 Å². The second-order valence-electron chi connectivity index (χ2n) is 6.22. The Morgan fingerprint density at radius 3 is 2.77 bits per heavy atom. The summed E-state index contributed by atoms with van der Waals surface area (Å²) in [6.07, 6.45) is 3.40. The van der Waals surface area contributed by atoms with Gasteiger partial charge in [0, 0.05) is 32.2 Å². The Morgan fingerprint density at radius 1 is 1.18 bits per heavy atom. The number of likely N-dealkylation sites (N-methyl/N-ethyl adjacent to an activating group) is 1. The van der Waals surface area contributed by atoms with Crippen LogP contribution in [0.15, 0.2) is 0 Å². The lowest BCUT2D eigenvalue weighted by Crippen LogP contribution is -2.31. The molecule has 6 heteroatoms. The molecule has 5 nitrogen and oxygen atoms in total. The summed E-state index contributed by atoms with van der Waals surface area (Å²) < 4.78 is 1.77. The Kier molecular flexibility index (Phi) is 7.15. The van der Waals surface area contributed by atoms with Gasteiger partial charge in [-0.2, -0.15) is 5.10 Å². The van der Waals surface area contributed by atoms with Crippen LogP contribution in [0.5, 0.6) is 0 Å². The highest BCUT2D eigenvalue weighted by Crippen LogP contribution is 2.19. The van der Waals surface area contributed by atoms with Crippen molar-refractivity contribution < 1.29 is 0 Å². The van der Waals surface area contributed by atoms with Crippen LogP contribution in [-0.2, 0) is 20.0 Å². The Bertz CT molecular complexity index is 460. The zero-order valence-electron chi connectivity index (χ0n) is 14.2. The molecule has 2 heterocycles. The molecule has 0 unspecified atom stereocenters. The molecule has 1 saturated heterocycles. The van der Waals surface area contributed by atoms with Gasteiger partial charge in [0.05, 0.1) is 5.69 Å². The zero-order chi connectivity index (χ0) is 15.9. The molecule has 0 amide bonds. The molecule has 22 heavy (non-hydrogen) atoms. The molecule has 1 fully saturated rings. The molecule has 0 radical (unpaired) electrons. The normalized spacial score (nSPS) is 17.8. The number of aromatic nitrogens is 2. The molecule has 1 aliphatic heterocycles. The van der Waals surface area contributed by atoms with Gasteiger partial charge in [-0.05, 0) is 52.5 Å². The molecule has 1 N–H and O–H groups in total. The Labute approximate surface area is 139 Å². The second kappa shape index (κ2) is 8.87. The fourth-order valence-electron chi connectivity index (χ4n) is 3.02. The van der Waals surface area contributed by atoms with Crippen molar-refractivity contribution in [2.75, 3.05) is 46.3 Å². The summed E-state index contributed by atoms with van der Waals surface area (Å²) in [6, 6.07) is 0. The minimum atomic E-state index is 0.764. The van der Waals surface area contributed by atoms with Crippen molar-refractivity contribution >= 4 is 11.6 Å². The maximum absolute atomic E-state index is 6.31.